The van der Waals surface area contributed by atoms with Crippen LogP contribution in [0.5, 0.6) is 0 Å². The number of hydrogen-bond acceptors (Lipinski definition) is 5. The van der Waals surface area contributed by atoms with E-state index < -0.39 is 15.3 Å². The molecule has 0 aliphatic carbocycles. The van der Waals surface area contributed by atoms with Crippen molar-refractivity contribution in [2.24, 2.45) is 0 Å². The number of rotatable bonds is 5. The van der Waals surface area contributed by atoms with Crippen molar-refractivity contribution in [1.82, 2.24) is 14.1 Å². The van der Waals surface area contributed by atoms with Crippen LogP contribution in [0.2, 0.25) is 5.02 Å². The van der Waals surface area contributed by atoms with Crippen LogP contribution in [0.15, 0.2) is 59.5 Å². The molecule has 0 unspecified atom stereocenters. The first-order valence-corrected chi connectivity index (χ1v) is 12.8. The van der Waals surface area contributed by atoms with Crippen LogP contribution in [0.25, 0.3) is 16.8 Å². The van der Waals surface area contributed by atoms with Gasteiger partial charge in [0, 0.05) is 31.2 Å². The number of sulfonamides is 1. The Hall–Kier alpha value is -2.68. The molecule has 0 spiro atoms. The lowest BCUT2D eigenvalue weighted by molar-refractivity contribution is 0.381. The van der Waals surface area contributed by atoms with E-state index in [2.05, 4.69) is 5.10 Å². The first kappa shape index (κ1) is 23.5. The Morgan fingerprint density at radius 3 is 2.27 bits per heavy atom. The van der Waals surface area contributed by atoms with Gasteiger partial charge in [0.05, 0.1) is 28.4 Å². The minimum Gasteiger partial charge on any atom is -0.367 e. The average molecular weight is 487 g/mol. The summed E-state index contributed by atoms with van der Waals surface area (Å²) in [5.41, 5.74) is 3.44. The minimum absolute atomic E-state index is 0.254. The molecule has 3 aromatic rings. The fourth-order valence-corrected chi connectivity index (χ4v) is 5.40. The fraction of sp³-hybridized carbons (Fsp3) is 0.333. The van der Waals surface area contributed by atoms with Crippen LogP contribution >= 0.6 is 11.6 Å². The van der Waals surface area contributed by atoms with Crippen molar-refractivity contribution < 1.29 is 8.42 Å². The topological polar surface area (TPSA) is 75.5 Å². The van der Waals surface area contributed by atoms with Gasteiger partial charge in [-0.1, -0.05) is 47.5 Å². The second-order valence-electron chi connectivity index (χ2n) is 8.45. The van der Waals surface area contributed by atoms with Crippen LogP contribution in [0.3, 0.4) is 0 Å². The molecule has 33 heavy (non-hydrogen) atoms. The van der Waals surface area contributed by atoms with Crippen molar-refractivity contribution in [3.63, 3.8) is 0 Å². The van der Waals surface area contributed by atoms with Gasteiger partial charge < -0.3 is 4.90 Å². The lowest BCUT2D eigenvalue weighted by Gasteiger charge is -2.36. The van der Waals surface area contributed by atoms with E-state index in [9.17, 15) is 13.2 Å². The number of benzene rings is 2. The highest BCUT2D eigenvalue weighted by Crippen LogP contribution is 2.29. The van der Waals surface area contributed by atoms with Crippen molar-refractivity contribution in [3.8, 4) is 16.8 Å². The molecule has 1 aromatic heterocycles. The van der Waals surface area contributed by atoms with E-state index in [0.717, 1.165) is 11.1 Å². The van der Waals surface area contributed by atoms with Crippen LogP contribution in [-0.4, -0.2) is 53.9 Å². The quantitative estimate of drug-likeness (QED) is 0.549. The molecule has 1 fully saturated rings. The van der Waals surface area contributed by atoms with Gasteiger partial charge in [0.2, 0.25) is 10.0 Å². The summed E-state index contributed by atoms with van der Waals surface area (Å²) < 4.78 is 28.0. The predicted octanol–water partition coefficient (Wildman–Crippen LogP) is 3.72. The molecule has 1 aliphatic heterocycles. The third-order valence-corrected chi connectivity index (χ3v) is 8.40. The highest BCUT2D eigenvalue weighted by molar-refractivity contribution is 7.89. The molecule has 4 rings (SSSR count). The van der Waals surface area contributed by atoms with Crippen LogP contribution in [0.4, 0.5) is 5.69 Å². The van der Waals surface area contributed by atoms with E-state index in [1.54, 1.807) is 44.3 Å². The van der Waals surface area contributed by atoms with E-state index >= 15 is 0 Å². The Morgan fingerprint density at radius 2 is 1.67 bits per heavy atom. The second kappa shape index (κ2) is 9.29. The largest absolute Gasteiger partial charge is 0.367 e. The van der Waals surface area contributed by atoms with Crippen molar-refractivity contribution in [1.29, 1.82) is 0 Å². The second-order valence-corrected chi connectivity index (χ2v) is 11.4. The summed E-state index contributed by atoms with van der Waals surface area (Å²) >= 11 is 6.14. The molecule has 1 saturated heterocycles. The SMILES string of the molecule is Cc1ccc(-c2c(N3CCN(S(=O)(=O)C(C)C)CC3)cnn(-c3cccc(Cl)c3)c2=O)cc1. The van der Waals surface area contributed by atoms with Gasteiger partial charge in [0.15, 0.2) is 0 Å². The van der Waals surface area contributed by atoms with E-state index in [-0.39, 0.29) is 5.56 Å². The van der Waals surface area contributed by atoms with E-state index in [1.807, 2.05) is 36.1 Å². The molecule has 9 heteroatoms. The summed E-state index contributed by atoms with van der Waals surface area (Å²) in [5.74, 6) is 0. The molecule has 0 bridgehead atoms. The standard InChI is InChI=1S/C24H27ClN4O3S/c1-17(2)33(31,32)28-13-11-27(12-14-28)22-16-26-29(21-6-4-5-20(25)15-21)24(30)23(22)19-9-7-18(3)8-10-19/h4-10,15-17H,11-14H2,1-3H3. The molecule has 2 heterocycles. The zero-order chi connectivity index (χ0) is 23.8. The predicted molar refractivity (Wildman–Crippen MR) is 133 cm³/mol. The number of aryl methyl sites for hydroxylation is 1. The Kier molecular flexibility index (Phi) is 6.61. The zero-order valence-corrected chi connectivity index (χ0v) is 20.5. The summed E-state index contributed by atoms with van der Waals surface area (Å²) in [6.45, 7) is 7.07. The maximum atomic E-state index is 13.7. The van der Waals surface area contributed by atoms with Gasteiger partial charge in [-0.3, -0.25) is 4.79 Å². The number of nitrogens with zero attached hydrogens (tertiary/aromatic N) is 4. The van der Waals surface area contributed by atoms with Gasteiger partial charge in [0.25, 0.3) is 5.56 Å². The number of piperazine rings is 1. The van der Waals surface area contributed by atoms with Crippen LogP contribution in [-0.2, 0) is 10.0 Å². The van der Waals surface area contributed by atoms with Crippen LogP contribution in [0.1, 0.15) is 19.4 Å². The Balaban J connectivity index is 1.77. The molecular weight excluding hydrogens is 460 g/mol. The van der Waals surface area contributed by atoms with Gasteiger partial charge in [-0.2, -0.15) is 14.1 Å². The van der Waals surface area contributed by atoms with Gasteiger partial charge in [0.1, 0.15) is 0 Å². The Bertz CT molecular complexity index is 1310. The summed E-state index contributed by atoms with van der Waals surface area (Å²) in [7, 11) is -3.31. The van der Waals surface area contributed by atoms with Gasteiger partial charge in [-0.15, -0.1) is 0 Å². The number of anilines is 1. The summed E-state index contributed by atoms with van der Waals surface area (Å²) in [6.07, 6.45) is 1.68. The first-order chi connectivity index (χ1) is 15.7. The molecule has 174 valence electrons. The van der Waals surface area contributed by atoms with E-state index in [4.69, 9.17) is 11.6 Å². The molecule has 0 radical (unpaired) electrons. The van der Waals surface area contributed by atoms with E-state index in [0.29, 0.717) is 48.1 Å². The monoisotopic (exact) mass is 486 g/mol. The minimum atomic E-state index is -3.31. The van der Waals surface area contributed by atoms with Crippen molar-refractivity contribution in [2.45, 2.75) is 26.0 Å². The van der Waals surface area contributed by atoms with Crippen LogP contribution in [0, 0.1) is 6.92 Å². The third kappa shape index (κ3) is 4.69. The summed E-state index contributed by atoms with van der Waals surface area (Å²) in [6, 6.07) is 14.8. The molecule has 0 N–H and O–H groups in total. The molecule has 0 atom stereocenters. The molecule has 0 amide bonds. The third-order valence-electron chi connectivity index (χ3n) is 5.89. The van der Waals surface area contributed by atoms with E-state index in [1.165, 1.54) is 8.99 Å². The fourth-order valence-electron chi connectivity index (χ4n) is 3.95. The normalized spacial score (nSPS) is 15.2. The Labute approximate surface area is 199 Å². The molecular formula is C24H27ClN4O3S. The number of halogens is 1. The maximum absolute atomic E-state index is 13.7. The molecule has 0 saturated carbocycles. The number of hydrogen-bond donors (Lipinski definition) is 0. The summed E-state index contributed by atoms with van der Waals surface area (Å²) in [5, 5.41) is 4.49. The van der Waals surface area contributed by atoms with Crippen molar-refractivity contribution in [3.05, 3.63) is 75.7 Å². The molecule has 1 aliphatic rings. The van der Waals surface area contributed by atoms with Gasteiger partial charge in [-0.05, 0) is 44.5 Å². The maximum Gasteiger partial charge on any atom is 0.281 e. The average Bonchev–Trinajstić information content (AvgIpc) is 2.79. The Morgan fingerprint density at radius 1 is 1.00 bits per heavy atom. The molecule has 7 nitrogen and oxygen atoms in total. The van der Waals surface area contributed by atoms with Crippen molar-refractivity contribution in [2.75, 3.05) is 31.1 Å². The van der Waals surface area contributed by atoms with Gasteiger partial charge >= 0.3 is 0 Å². The van der Waals surface area contributed by atoms with Crippen LogP contribution < -0.4 is 10.5 Å². The lowest BCUT2D eigenvalue weighted by Crippen LogP contribution is -2.50. The zero-order valence-electron chi connectivity index (χ0n) is 18.9. The first-order valence-electron chi connectivity index (χ1n) is 10.9. The highest BCUT2D eigenvalue weighted by atomic mass is 35.5. The molecule has 2 aromatic carbocycles. The highest BCUT2D eigenvalue weighted by Gasteiger charge is 2.31. The lowest BCUT2D eigenvalue weighted by atomic mass is 10.0. The smallest absolute Gasteiger partial charge is 0.281 e. The number of aromatic nitrogens is 2. The summed E-state index contributed by atoms with van der Waals surface area (Å²) in [4.78, 5) is 15.7. The van der Waals surface area contributed by atoms with Gasteiger partial charge in [-0.25, -0.2) is 8.42 Å². The van der Waals surface area contributed by atoms with Crippen molar-refractivity contribution >= 4 is 27.3 Å².